The second-order valence-corrected chi connectivity index (χ2v) is 8.62. The minimum absolute atomic E-state index is 0.142. The third kappa shape index (κ3) is 3.50. The number of hydrogen-bond donors (Lipinski definition) is 2. The average molecular weight is 421 g/mol. The van der Waals surface area contributed by atoms with Gasteiger partial charge in [-0.05, 0) is 31.2 Å². The van der Waals surface area contributed by atoms with Crippen molar-refractivity contribution in [2.45, 2.75) is 11.8 Å². The van der Waals surface area contributed by atoms with E-state index in [9.17, 15) is 13.2 Å². The Balaban J connectivity index is 1.69. The van der Waals surface area contributed by atoms with Gasteiger partial charge in [0.15, 0.2) is 5.78 Å². The molecule has 0 atom stereocenters. The Morgan fingerprint density at radius 2 is 1.83 bits per heavy atom. The van der Waals surface area contributed by atoms with Crippen molar-refractivity contribution in [3.8, 4) is 0 Å². The lowest BCUT2D eigenvalue weighted by Gasteiger charge is -2.09. The Morgan fingerprint density at radius 1 is 1.10 bits per heavy atom. The second-order valence-electron chi connectivity index (χ2n) is 6.94. The summed E-state index contributed by atoms with van der Waals surface area (Å²) in [5, 5.41) is 0.468. The zero-order valence-corrected chi connectivity index (χ0v) is 17.1. The zero-order valence-electron chi connectivity index (χ0n) is 16.3. The number of nitrogens with one attached hydrogen (secondary N) is 1. The summed E-state index contributed by atoms with van der Waals surface area (Å²) < 4.78 is 29.5. The lowest BCUT2D eigenvalue weighted by molar-refractivity contribution is 0.104. The number of carbonyl (C=O) groups is 1. The van der Waals surface area contributed by atoms with Gasteiger partial charge in [-0.3, -0.25) is 9.52 Å². The van der Waals surface area contributed by atoms with Crippen molar-refractivity contribution in [2.24, 2.45) is 7.05 Å². The zero-order chi connectivity index (χ0) is 21.5. The molecule has 4 rings (SSSR count). The van der Waals surface area contributed by atoms with E-state index in [4.69, 9.17) is 5.73 Å². The highest BCUT2D eigenvalue weighted by atomic mass is 32.2. The Bertz CT molecular complexity index is 1380. The fraction of sp³-hybridized carbons (Fsp3) is 0.0952. The van der Waals surface area contributed by atoms with Crippen LogP contribution >= 0.6 is 0 Å². The predicted octanol–water partition coefficient (Wildman–Crippen LogP) is 2.89. The smallest absolute Gasteiger partial charge is 0.261 e. The third-order valence-corrected chi connectivity index (χ3v) is 6.13. The molecule has 8 nitrogen and oxygen atoms in total. The first kappa shape index (κ1) is 19.6. The number of ketones is 1. The molecule has 9 heteroatoms. The van der Waals surface area contributed by atoms with Crippen LogP contribution in [0.4, 0.5) is 11.5 Å². The Hall–Kier alpha value is -3.72. The van der Waals surface area contributed by atoms with Crippen LogP contribution in [-0.4, -0.2) is 28.7 Å². The van der Waals surface area contributed by atoms with E-state index in [1.165, 1.54) is 24.5 Å². The van der Waals surface area contributed by atoms with Crippen molar-refractivity contribution in [2.75, 3.05) is 10.5 Å². The van der Waals surface area contributed by atoms with Gasteiger partial charge in [0.05, 0.1) is 15.8 Å². The molecule has 0 spiro atoms. The van der Waals surface area contributed by atoms with Crippen molar-refractivity contribution in [3.63, 3.8) is 0 Å². The van der Waals surface area contributed by atoms with Crippen LogP contribution < -0.4 is 10.5 Å². The molecule has 3 N–H and O–H groups in total. The van der Waals surface area contributed by atoms with Crippen molar-refractivity contribution in [1.29, 1.82) is 0 Å². The number of nitrogens with zero attached hydrogens (tertiary/aromatic N) is 3. The first-order chi connectivity index (χ1) is 14.3. The largest absolute Gasteiger partial charge is 0.383 e. The number of carbonyl (C=O) groups excluding carboxylic acids is 1. The molecule has 0 aliphatic heterocycles. The van der Waals surface area contributed by atoms with E-state index in [0.29, 0.717) is 22.2 Å². The van der Waals surface area contributed by atoms with Gasteiger partial charge in [-0.25, -0.2) is 18.4 Å². The number of rotatable bonds is 5. The van der Waals surface area contributed by atoms with Gasteiger partial charge in [0, 0.05) is 24.5 Å². The minimum Gasteiger partial charge on any atom is -0.383 e. The number of sulfonamides is 1. The fourth-order valence-corrected chi connectivity index (χ4v) is 4.27. The molecule has 0 saturated carbocycles. The van der Waals surface area contributed by atoms with Gasteiger partial charge in [0.2, 0.25) is 0 Å². The number of fused-ring (bicyclic) bond motifs is 1. The van der Waals surface area contributed by atoms with E-state index < -0.39 is 10.0 Å². The quantitative estimate of drug-likeness (QED) is 0.478. The molecule has 0 unspecified atom stereocenters. The first-order valence-corrected chi connectivity index (χ1v) is 10.5. The van der Waals surface area contributed by atoms with E-state index in [0.717, 1.165) is 5.56 Å². The number of aromatic nitrogens is 3. The van der Waals surface area contributed by atoms with Crippen molar-refractivity contribution in [1.82, 2.24) is 14.5 Å². The number of benzene rings is 2. The molecule has 0 aliphatic rings. The van der Waals surface area contributed by atoms with E-state index in [2.05, 4.69) is 14.7 Å². The number of nitrogens with two attached hydrogens (primary N) is 1. The van der Waals surface area contributed by atoms with Crippen LogP contribution in [0.3, 0.4) is 0 Å². The van der Waals surface area contributed by atoms with E-state index in [-0.39, 0.29) is 22.2 Å². The molecular weight excluding hydrogens is 402 g/mol. The van der Waals surface area contributed by atoms with Gasteiger partial charge in [0.25, 0.3) is 10.0 Å². The Morgan fingerprint density at radius 3 is 2.57 bits per heavy atom. The molecule has 0 saturated heterocycles. The molecule has 0 bridgehead atoms. The van der Waals surface area contributed by atoms with E-state index >= 15 is 0 Å². The van der Waals surface area contributed by atoms with Crippen LogP contribution in [0.5, 0.6) is 0 Å². The van der Waals surface area contributed by atoms with Crippen LogP contribution in [0, 0.1) is 6.92 Å². The molecule has 0 radical (unpaired) electrons. The highest BCUT2D eigenvalue weighted by Gasteiger charge is 2.20. The molecule has 0 aliphatic carbocycles. The van der Waals surface area contributed by atoms with Gasteiger partial charge in [-0.2, -0.15) is 0 Å². The lowest BCUT2D eigenvalue weighted by Crippen LogP contribution is -2.13. The van der Waals surface area contributed by atoms with Gasteiger partial charge < -0.3 is 10.3 Å². The summed E-state index contributed by atoms with van der Waals surface area (Å²) in [7, 11) is -2.02. The summed E-state index contributed by atoms with van der Waals surface area (Å²) in [6.07, 6.45) is 2.98. The minimum atomic E-state index is -3.78. The maximum absolute atomic E-state index is 13.1. The summed E-state index contributed by atoms with van der Waals surface area (Å²) >= 11 is 0. The van der Waals surface area contributed by atoms with Gasteiger partial charge in [-0.15, -0.1) is 0 Å². The van der Waals surface area contributed by atoms with E-state index in [1.807, 2.05) is 6.92 Å². The fourth-order valence-electron chi connectivity index (χ4n) is 3.22. The number of hydrogen-bond acceptors (Lipinski definition) is 6. The highest BCUT2D eigenvalue weighted by Crippen LogP contribution is 2.26. The van der Waals surface area contributed by atoms with Gasteiger partial charge in [-0.1, -0.05) is 29.8 Å². The molecule has 30 heavy (non-hydrogen) atoms. The summed E-state index contributed by atoms with van der Waals surface area (Å²) in [6.45, 7) is 1.88. The molecule has 0 fully saturated rings. The first-order valence-electron chi connectivity index (χ1n) is 9.06. The predicted molar refractivity (Wildman–Crippen MR) is 115 cm³/mol. The number of aryl methyl sites for hydroxylation is 2. The molecule has 2 aromatic heterocycles. The summed E-state index contributed by atoms with van der Waals surface area (Å²) in [5.74, 6) is -0.0985. The molecule has 4 aromatic rings. The van der Waals surface area contributed by atoms with Crippen LogP contribution in [0.2, 0.25) is 0 Å². The number of nitrogen functional groups attached to an aromatic ring is 1. The molecule has 152 valence electrons. The standard InChI is InChI=1S/C21H19N5O3S/c1-13-6-8-16(9-7-13)30(28,29)25-15-5-3-4-14(10-15)19(27)17-11-26(2)21-18(17)20(22)23-12-24-21/h3-12,25H,1-2H3,(H2,22,23,24). The van der Waals surface area contributed by atoms with Crippen LogP contribution in [0.1, 0.15) is 21.5 Å². The summed E-state index contributed by atoms with van der Waals surface area (Å²) in [5.41, 5.74) is 8.42. The lowest BCUT2D eigenvalue weighted by atomic mass is 10.0. The second kappa shape index (κ2) is 7.27. The average Bonchev–Trinajstić information content (AvgIpc) is 3.05. The summed E-state index contributed by atoms with van der Waals surface area (Å²) in [4.78, 5) is 21.4. The monoisotopic (exact) mass is 421 g/mol. The molecule has 0 amide bonds. The van der Waals surface area contributed by atoms with Crippen molar-refractivity contribution >= 4 is 38.3 Å². The maximum atomic E-state index is 13.1. The van der Waals surface area contributed by atoms with Crippen LogP contribution in [0.25, 0.3) is 11.0 Å². The van der Waals surface area contributed by atoms with Crippen molar-refractivity contribution in [3.05, 3.63) is 77.7 Å². The van der Waals surface area contributed by atoms with Gasteiger partial charge in [0.1, 0.15) is 17.8 Å². The molecule has 2 heterocycles. The topological polar surface area (TPSA) is 120 Å². The van der Waals surface area contributed by atoms with Crippen LogP contribution in [-0.2, 0) is 17.1 Å². The van der Waals surface area contributed by atoms with Crippen LogP contribution in [0.15, 0.2) is 66.0 Å². The molecule has 2 aromatic carbocycles. The Kier molecular flexibility index (Phi) is 4.75. The van der Waals surface area contributed by atoms with E-state index in [1.54, 1.807) is 48.1 Å². The summed E-state index contributed by atoms with van der Waals surface area (Å²) in [6, 6.07) is 12.8. The third-order valence-electron chi connectivity index (χ3n) is 4.74. The maximum Gasteiger partial charge on any atom is 0.261 e. The normalized spacial score (nSPS) is 11.5. The Labute approximate surface area is 173 Å². The SMILES string of the molecule is Cc1ccc(S(=O)(=O)Nc2cccc(C(=O)c3cn(C)c4ncnc(N)c34)c2)cc1. The van der Waals surface area contributed by atoms with Gasteiger partial charge >= 0.3 is 0 Å². The highest BCUT2D eigenvalue weighted by molar-refractivity contribution is 7.92. The number of anilines is 2. The van der Waals surface area contributed by atoms with Crippen molar-refractivity contribution < 1.29 is 13.2 Å². The molecular formula is C21H19N5O3S.